The zero-order valence-corrected chi connectivity index (χ0v) is 15.2. The summed E-state index contributed by atoms with van der Waals surface area (Å²) in [5, 5.41) is 0.687. The lowest BCUT2D eigenvalue weighted by Crippen LogP contribution is -2.28. The number of nitrogens with zero attached hydrogens (tertiary/aromatic N) is 1. The summed E-state index contributed by atoms with van der Waals surface area (Å²) in [6.45, 7) is 1.10. The van der Waals surface area contributed by atoms with Gasteiger partial charge in [-0.25, -0.2) is 4.98 Å². The van der Waals surface area contributed by atoms with Gasteiger partial charge in [0.05, 0.1) is 24.2 Å². The number of ether oxygens (including phenoxy) is 2. The van der Waals surface area contributed by atoms with Gasteiger partial charge in [0.1, 0.15) is 5.82 Å². The number of H-pyrrole nitrogens is 1. The zero-order valence-electron chi connectivity index (χ0n) is 14.5. The summed E-state index contributed by atoms with van der Waals surface area (Å²) in [6, 6.07) is 23.7. The van der Waals surface area contributed by atoms with Crippen molar-refractivity contribution in [2.45, 2.75) is 5.79 Å². The van der Waals surface area contributed by atoms with Crippen molar-refractivity contribution >= 4 is 22.6 Å². The van der Waals surface area contributed by atoms with Crippen LogP contribution in [0.4, 0.5) is 0 Å². The average Bonchev–Trinajstić information content (AvgIpc) is 3.37. The predicted octanol–water partition coefficient (Wildman–Crippen LogP) is 5.13. The van der Waals surface area contributed by atoms with Crippen LogP contribution in [0.1, 0.15) is 11.1 Å². The van der Waals surface area contributed by atoms with E-state index in [0.29, 0.717) is 18.2 Å². The highest BCUT2D eigenvalue weighted by atomic mass is 35.5. The molecule has 0 atom stereocenters. The summed E-state index contributed by atoms with van der Waals surface area (Å²) in [7, 11) is 0. The Balaban J connectivity index is 1.53. The first-order valence-electron chi connectivity index (χ1n) is 8.84. The second-order valence-corrected chi connectivity index (χ2v) is 6.94. The van der Waals surface area contributed by atoms with Gasteiger partial charge >= 0.3 is 0 Å². The molecule has 4 nitrogen and oxygen atoms in total. The van der Waals surface area contributed by atoms with E-state index in [1.807, 2.05) is 72.8 Å². The Morgan fingerprint density at radius 1 is 0.815 bits per heavy atom. The maximum absolute atomic E-state index is 6.06. The van der Waals surface area contributed by atoms with Crippen LogP contribution in [0.3, 0.4) is 0 Å². The first-order valence-corrected chi connectivity index (χ1v) is 9.22. The number of rotatable bonds is 3. The topological polar surface area (TPSA) is 47.1 Å². The quantitative estimate of drug-likeness (QED) is 0.539. The molecule has 0 radical (unpaired) electrons. The second-order valence-electron chi connectivity index (χ2n) is 6.50. The SMILES string of the molecule is Clc1ccc(C2(c3ccc(-c4nc5ccccc5[nH]4)cc3)OCCO2)cc1. The van der Waals surface area contributed by atoms with Crippen molar-refractivity contribution in [3.63, 3.8) is 0 Å². The highest BCUT2D eigenvalue weighted by Gasteiger charge is 2.40. The summed E-state index contributed by atoms with van der Waals surface area (Å²) >= 11 is 6.04. The van der Waals surface area contributed by atoms with Crippen molar-refractivity contribution in [3.05, 3.63) is 88.9 Å². The monoisotopic (exact) mass is 376 g/mol. The molecule has 27 heavy (non-hydrogen) atoms. The molecule has 1 aromatic heterocycles. The molecule has 0 spiro atoms. The van der Waals surface area contributed by atoms with Gasteiger partial charge in [-0.3, -0.25) is 0 Å². The van der Waals surface area contributed by atoms with Crippen molar-refractivity contribution in [2.75, 3.05) is 13.2 Å². The Bertz CT molecular complexity index is 1050. The van der Waals surface area contributed by atoms with Gasteiger partial charge in [-0.1, -0.05) is 60.1 Å². The third kappa shape index (κ3) is 2.82. The fourth-order valence-electron chi connectivity index (χ4n) is 3.52. The molecule has 3 aromatic carbocycles. The Hall–Kier alpha value is -2.66. The molecular formula is C22H17ClN2O2. The normalized spacial score (nSPS) is 16.0. The lowest BCUT2D eigenvalue weighted by atomic mass is 9.96. The minimum absolute atomic E-state index is 0.550. The number of para-hydroxylation sites is 2. The Kier molecular flexibility index (Phi) is 3.97. The molecule has 0 saturated carbocycles. The number of hydrogen-bond acceptors (Lipinski definition) is 3. The number of aromatic amines is 1. The highest BCUT2D eigenvalue weighted by Crippen LogP contribution is 2.39. The molecule has 0 unspecified atom stereocenters. The van der Waals surface area contributed by atoms with Crippen molar-refractivity contribution in [1.29, 1.82) is 0 Å². The molecule has 1 aliphatic heterocycles. The van der Waals surface area contributed by atoms with Crippen LogP contribution in [0.15, 0.2) is 72.8 Å². The third-order valence-corrected chi connectivity index (χ3v) is 5.10. The smallest absolute Gasteiger partial charge is 0.222 e. The van der Waals surface area contributed by atoms with Crippen LogP contribution in [0.25, 0.3) is 22.4 Å². The van der Waals surface area contributed by atoms with Crippen LogP contribution >= 0.6 is 11.6 Å². The number of hydrogen-bond donors (Lipinski definition) is 1. The van der Waals surface area contributed by atoms with E-state index in [0.717, 1.165) is 33.5 Å². The Labute approximate surface area is 161 Å². The standard InChI is InChI=1S/C22H17ClN2O2/c23-18-11-9-17(10-12-18)22(26-13-14-27-22)16-7-5-15(6-8-16)21-24-19-3-1-2-4-20(19)25-21/h1-12H,13-14H2,(H,24,25). The number of benzene rings is 3. The van der Waals surface area contributed by atoms with Gasteiger partial charge in [0, 0.05) is 21.7 Å². The molecule has 1 N–H and O–H groups in total. The van der Waals surface area contributed by atoms with Crippen LogP contribution in [0.5, 0.6) is 0 Å². The molecule has 0 bridgehead atoms. The van der Waals surface area contributed by atoms with Crippen molar-refractivity contribution in [1.82, 2.24) is 9.97 Å². The molecule has 134 valence electrons. The third-order valence-electron chi connectivity index (χ3n) is 4.85. The van der Waals surface area contributed by atoms with E-state index < -0.39 is 5.79 Å². The van der Waals surface area contributed by atoms with Gasteiger partial charge in [-0.2, -0.15) is 0 Å². The largest absolute Gasteiger partial charge is 0.340 e. The van der Waals surface area contributed by atoms with Gasteiger partial charge in [0.25, 0.3) is 0 Å². The molecule has 4 aromatic rings. The van der Waals surface area contributed by atoms with Gasteiger partial charge in [-0.15, -0.1) is 0 Å². The molecule has 1 saturated heterocycles. The first kappa shape index (κ1) is 16.5. The second kappa shape index (κ2) is 6.50. The van der Waals surface area contributed by atoms with E-state index in [-0.39, 0.29) is 0 Å². The van der Waals surface area contributed by atoms with E-state index in [2.05, 4.69) is 9.97 Å². The Morgan fingerprint density at radius 3 is 2.11 bits per heavy atom. The molecule has 2 heterocycles. The van der Waals surface area contributed by atoms with Gasteiger partial charge in [-0.05, 0) is 24.3 Å². The maximum atomic E-state index is 6.06. The molecule has 0 amide bonds. The van der Waals surface area contributed by atoms with Crippen LogP contribution in [-0.2, 0) is 15.3 Å². The van der Waals surface area contributed by atoms with E-state index in [9.17, 15) is 0 Å². The van der Waals surface area contributed by atoms with Crippen molar-refractivity contribution in [2.24, 2.45) is 0 Å². The molecule has 0 aliphatic carbocycles. The Morgan fingerprint density at radius 2 is 1.44 bits per heavy atom. The first-order chi connectivity index (χ1) is 13.2. The fourth-order valence-corrected chi connectivity index (χ4v) is 3.64. The predicted molar refractivity (Wildman–Crippen MR) is 106 cm³/mol. The summed E-state index contributed by atoms with van der Waals surface area (Å²) in [4.78, 5) is 8.02. The lowest BCUT2D eigenvalue weighted by molar-refractivity contribution is -0.129. The van der Waals surface area contributed by atoms with Gasteiger partial charge in [0.15, 0.2) is 0 Å². The summed E-state index contributed by atoms with van der Waals surface area (Å²) in [6.07, 6.45) is 0. The van der Waals surface area contributed by atoms with Crippen LogP contribution in [-0.4, -0.2) is 23.2 Å². The van der Waals surface area contributed by atoms with Crippen LogP contribution in [0.2, 0.25) is 5.02 Å². The van der Waals surface area contributed by atoms with Crippen molar-refractivity contribution in [3.8, 4) is 11.4 Å². The van der Waals surface area contributed by atoms with Crippen LogP contribution < -0.4 is 0 Å². The number of fused-ring (bicyclic) bond motifs is 1. The van der Waals surface area contributed by atoms with E-state index in [1.165, 1.54) is 0 Å². The molecule has 5 rings (SSSR count). The van der Waals surface area contributed by atoms with E-state index in [4.69, 9.17) is 21.1 Å². The molecule has 5 heteroatoms. The molecule has 1 aliphatic rings. The number of imidazole rings is 1. The average molecular weight is 377 g/mol. The zero-order chi connectivity index (χ0) is 18.3. The van der Waals surface area contributed by atoms with Gasteiger partial charge < -0.3 is 14.5 Å². The lowest BCUT2D eigenvalue weighted by Gasteiger charge is -2.28. The molecule has 1 fully saturated rings. The minimum Gasteiger partial charge on any atom is -0.340 e. The van der Waals surface area contributed by atoms with Crippen LogP contribution in [0, 0.1) is 0 Å². The molecular weight excluding hydrogens is 360 g/mol. The van der Waals surface area contributed by atoms with E-state index in [1.54, 1.807) is 0 Å². The summed E-state index contributed by atoms with van der Waals surface area (Å²) in [5.41, 5.74) is 4.87. The van der Waals surface area contributed by atoms with E-state index >= 15 is 0 Å². The number of halogens is 1. The minimum atomic E-state index is -0.892. The maximum Gasteiger partial charge on any atom is 0.222 e. The summed E-state index contributed by atoms with van der Waals surface area (Å²) < 4.78 is 12.1. The van der Waals surface area contributed by atoms with Gasteiger partial charge in [0.2, 0.25) is 5.79 Å². The fraction of sp³-hybridized carbons (Fsp3) is 0.136. The number of aromatic nitrogens is 2. The summed E-state index contributed by atoms with van der Waals surface area (Å²) in [5.74, 6) is -0.0478. The van der Waals surface area contributed by atoms with Crippen molar-refractivity contribution < 1.29 is 9.47 Å². The highest BCUT2D eigenvalue weighted by molar-refractivity contribution is 6.30. The number of nitrogens with one attached hydrogen (secondary N) is 1.